The molecule has 7 heteroatoms. The van der Waals surface area contributed by atoms with E-state index in [-0.39, 0.29) is 0 Å². The van der Waals surface area contributed by atoms with E-state index >= 15 is 0 Å². The average molecular weight is 847 g/mol. The van der Waals surface area contributed by atoms with Gasteiger partial charge in [-0.15, -0.1) is 0 Å². The Morgan fingerprint density at radius 2 is 0.810 bits per heavy atom. The first-order chi connectivity index (χ1) is 31.2. The van der Waals surface area contributed by atoms with Crippen molar-refractivity contribution in [2.45, 2.75) is 44.0 Å². The second-order valence-corrected chi connectivity index (χ2v) is 16.1. The van der Waals surface area contributed by atoms with E-state index in [2.05, 4.69) is 72.8 Å². The molecule has 0 bridgehead atoms. The first-order valence-electron chi connectivity index (χ1n) is 21.0. The van der Waals surface area contributed by atoms with Crippen molar-refractivity contribution < 1.29 is 28.4 Å². The molecule has 9 rings (SSSR count). The molecule has 1 heterocycles. The second kappa shape index (κ2) is 20.5. The molecule has 1 aliphatic rings. The summed E-state index contributed by atoms with van der Waals surface area (Å²) in [6, 6.07) is 71.0. The summed E-state index contributed by atoms with van der Waals surface area (Å²) in [4.78, 5) is 1.91. The van der Waals surface area contributed by atoms with Crippen LogP contribution in [0.1, 0.15) is 45.0 Å². The molecule has 6 nitrogen and oxygen atoms in total. The van der Waals surface area contributed by atoms with E-state index in [4.69, 9.17) is 28.4 Å². The largest absolute Gasteiger partial charge is 0.489 e. The van der Waals surface area contributed by atoms with Crippen LogP contribution in [0.15, 0.2) is 223 Å². The Kier molecular flexibility index (Phi) is 13.3. The highest BCUT2D eigenvalue weighted by Gasteiger charge is 2.36. The van der Waals surface area contributed by atoms with Crippen molar-refractivity contribution in [3.05, 3.63) is 257 Å². The normalized spacial score (nSPS) is 13.0. The Labute approximate surface area is 373 Å². The zero-order valence-electron chi connectivity index (χ0n) is 34.7. The molecule has 0 amide bonds. The molecule has 0 fully saturated rings. The standard InChI is InChI=1S/C56H46O6S/c1-7-19-41(20-8-1)36-57-47-34-51(60-39-44-25-13-4-14-26-44)53-52(35-47)62-54(55(61-40-45-27-15-5-16-28-45)56(53)63-48-29-17-6-18-30-48)46-31-32-49(58-37-42-21-9-2-10-22-42)50(33-46)59-38-43-23-11-3-12-24-43/h1-35,54H,36-40H2/t54-/m1/s1. The summed E-state index contributed by atoms with van der Waals surface area (Å²) >= 11 is 1.62. The van der Waals surface area contributed by atoms with Gasteiger partial charge in [-0.1, -0.05) is 188 Å². The SMILES string of the molecule is c1ccc(COC2=C(Sc3ccccc3)c3c(OCc4ccccc4)cc(OCc4ccccc4)cc3O[C@@H]2c2ccc(OCc3ccccc3)c(OCc3ccccc3)c2)cc1. The Morgan fingerprint density at radius 1 is 0.381 bits per heavy atom. The summed E-state index contributed by atoms with van der Waals surface area (Å²) in [6.07, 6.45) is -0.694. The van der Waals surface area contributed by atoms with Gasteiger partial charge >= 0.3 is 0 Å². The maximum absolute atomic E-state index is 7.21. The van der Waals surface area contributed by atoms with Gasteiger partial charge in [-0.3, -0.25) is 0 Å². The number of hydrogen-bond donors (Lipinski definition) is 0. The highest BCUT2D eigenvalue weighted by Crippen LogP contribution is 2.54. The number of hydrogen-bond acceptors (Lipinski definition) is 7. The Hall–Kier alpha value is -7.35. The van der Waals surface area contributed by atoms with E-state index in [0.29, 0.717) is 67.5 Å². The molecule has 8 aromatic carbocycles. The fraction of sp³-hybridized carbons (Fsp3) is 0.107. The van der Waals surface area contributed by atoms with Crippen molar-refractivity contribution in [3.8, 4) is 28.7 Å². The fourth-order valence-corrected chi connectivity index (χ4v) is 8.27. The van der Waals surface area contributed by atoms with Crippen LogP contribution in [0.4, 0.5) is 0 Å². The molecular formula is C56H46O6S. The second-order valence-electron chi connectivity index (χ2n) is 15.0. The minimum atomic E-state index is -0.694. The molecule has 0 unspecified atom stereocenters. The predicted octanol–water partition coefficient (Wildman–Crippen LogP) is 13.8. The third-order valence-corrected chi connectivity index (χ3v) is 11.5. The maximum atomic E-state index is 7.21. The molecule has 1 atom stereocenters. The molecule has 63 heavy (non-hydrogen) atoms. The first kappa shape index (κ1) is 41.0. The van der Waals surface area contributed by atoms with Crippen LogP contribution >= 0.6 is 11.8 Å². The Balaban J connectivity index is 1.17. The van der Waals surface area contributed by atoms with Crippen molar-refractivity contribution in [2.24, 2.45) is 0 Å². The number of fused-ring (bicyclic) bond motifs is 1. The van der Waals surface area contributed by atoms with Crippen molar-refractivity contribution >= 4 is 16.7 Å². The van der Waals surface area contributed by atoms with E-state index in [0.717, 1.165) is 48.7 Å². The van der Waals surface area contributed by atoms with Gasteiger partial charge in [0.2, 0.25) is 0 Å². The highest BCUT2D eigenvalue weighted by atomic mass is 32.2. The monoisotopic (exact) mass is 846 g/mol. The third-order valence-electron chi connectivity index (χ3n) is 10.4. The number of thioether (sulfide) groups is 1. The topological polar surface area (TPSA) is 55.4 Å². The van der Waals surface area contributed by atoms with Gasteiger partial charge < -0.3 is 28.4 Å². The first-order valence-corrected chi connectivity index (χ1v) is 21.8. The van der Waals surface area contributed by atoms with Crippen LogP contribution in [0.2, 0.25) is 0 Å². The van der Waals surface area contributed by atoms with Gasteiger partial charge in [0.15, 0.2) is 23.4 Å². The number of benzene rings is 8. The molecular weight excluding hydrogens is 801 g/mol. The highest BCUT2D eigenvalue weighted by molar-refractivity contribution is 8.08. The summed E-state index contributed by atoms with van der Waals surface area (Å²) in [5, 5.41) is 0. The smallest absolute Gasteiger partial charge is 0.182 e. The third kappa shape index (κ3) is 10.8. The molecule has 0 saturated heterocycles. The fourth-order valence-electron chi connectivity index (χ4n) is 7.17. The van der Waals surface area contributed by atoms with E-state index in [1.807, 2.05) is 140 Å². The van der Waals surface area contributed by atoms with Gasteiger partial charge in [0, 0.05) is 22.6 Å². The van der Waals surface area contributed by atoms with Crippen molar-refractivity contribution in [2.75, 3.05) is 0 Å². The Morgan fingerprint density at radius 3 is 1.32 bits per heavy atom. The van der Waals surface area contributed by atoms with E-state index in [9.17, 15) is 0 Å². The quantitative estimate of drug-likeness (QED) is 0.0852. The maximum Gasteiger partial charge on any atom is 0.182 e. The van der Waals surface area contributed by atoms with Crippen molar-refractivity contribution in [1.29, 1.82) is 0 Å². The predicted molar refractivity (Wildman–Crippen MR) is 250 cm³/mol. The summed E-state index contributed by atoms with van der Waals surface area (Å²) in [6.45, 7) is 1.77. The molecule has 0 saturated carbocycles. The lowest BCUT2D eigenvalue weighted by molar-refractivity contribution is 0.106. The van der Waals surface area contributed by atoms with E-state index in [1.54, 1.807) is 11.8 Å². The van der Waals surface area contributed by atoms with Crippen LogP contribution in [-0.2, 0) is 37.8 Å². The Bertz CT molecular complexity index is 2710. The summed E-state index contributed by atoms with van der Waals surface area (Å²) < 4.78 is 40.6. The van der Waals surface area contributed by atoms with Crippen LogP contribution in [0.25, 0.3) is 4.91 Å². The zero-order chi connectivity index (χ0) is 42.5. The summed E-state index contributed by atoms with van der Waals surface area (Å²) in [7, 11) is 0. The van der Waals surface area contributed by atoms with Crippen LogP contribution in [0, 0.1) is 0 Å². The number of rotatable bonds is 18. The summed E-state index contributed by atoms with van der Waals surface area (Å²) in [5.74, 6) is 3.71. The lowest BCUT2D eigenvalue weighted by atomic mass is 10.00. The van der Waals surface area contributed by atoms with Gasteiger partial charge in [-0.25, -0.2) is 0 Å². The van der Waals surface area contributed by atoms with Crippen LogP contribution in [0.5, 0.6) is 28.7 Å². The van der Waals surface area contributed by atoms with Gasteiger partial charge in [-0.2, -0.15) is 0 Å². The minimum absolute atomic E-state index is 0.318. The molecule has 0 aromatic heterocycles. The zero-order valence-corrected chi connectivity index (χ0v) is 35.5. The molecule has 8 aromatic rings. The van der Waals surface area contributed by atoms with E-state index < -0.39 is 6.10 Å². The molecule has 0 radical (unpaired) electrons. The minimum Gasteiger partial charge on any atom is -0.489 e. The molecule has 0 N–H and O–H groups in total. The van der Waals surface area contributed by atoms with Crippen molar-refractivity contribution in [3.63, 3.8) is 0 Å². The molecule has 0 aliphatic carbocycles. The van der Waals surface area contributed by atoms with Gasteiger partial charge in [0.1, 0.15) is 50.3 Å². The molecule has 0 spiro atoms. The van der Waals surface area contributed by atoms with Crippen LogP contribution in [-0.4, -0.2) is 0 Å². The average Bonchev–Trinajstić information content (AvgIpc) is 3.35. The van der Waals surface area contributed by atoms with E-state index in [1.165, 1.54) is 0 Å². The van der Waals surface area contributed by atoms with Crippen LogP contribution in [0.3, 0.4) is 0 Å². The van der Waals surface area contributed by atoms with Gasteiger partial charge in [0.05, 0.1) is 10.5 Å². The van der Waals surface area contributed by atoms with Gasteiger partial charge in [-0.05, 0) is 52.1 Å². The lowest BCUT2D eigenvalue weighted by Crippen LogP contribution is -2.20. The van der Waals surface area contributed by atoms with Crippen LogP contribution < -0.4 is 23.7 Å². The lowest BCUT2D eigenvalue weighted by Gasteiger charge is -2.33. The summed E-state index contributed by atoms with van der Waals surface area (Å²) in [5.41, 5.74) is 6.83. The van der Waals surface area contributed by atoms with Crippen molar-refractivity contribution in [1.82, 2.24) is 0 Å². The van der Waals surface area contributed by atoms with Gasteiger partial charge in [0.25, 0.3) is 0 Å². The molecule has 1 aliphatic heterocycles. The molecule has 312 valence electrons. The number of ether oxygens (including phenoxy) is 6.